The highest BCUT2D eigenvalue weighted by molar-refractivity contribution is 4.80. The summed E-state index contributed by atoms with van der Waals surface area (Å²) in [6.45, 7) is 9.91. The molecule has 0 unspecified atom stereocenters. The monoisotopic (exact) mass is 213 g/mol. The first-order valence-corrected chi connectivity index (χ1v) is 5.17. The molecule has 1 aromatic heterocycles. The lowest BCUT2D eigenvalue weighted by molar-refractivity contribution is -0.00926. The Morgan fingerprint density at radius 3 is 2.67 bits per heavy atom. The van der Waals surface area contributed by atoms with E-state index in [0.717, 1.165) is 6.54 Å². The second-order valence-electron chi connectivity index (χ2n) is 4.01. The summed E-state index contributed by atoms with van der Waals surface area (Å²) in [5.41, 5.74) is -0.163. The number of hydrogen-bond donors (Lipinski definition) is 1. The van der Waals surface area contributed by atoms with Crippen LogP contribution in [0.5, 0.6) is 0 Å². The Morgan fingerprint density at radius 2 is 2.13 bits per heavy atom. The van der Waals surface area contributed by atoms with E-state index < -0.39 is 0 Å². The Morgan fingerprint density at radius 1 is 1.40 bits per heavy atom. The highest BCUT2D eigenvalue weighted by Gasteiger charge is 2.17. The zero-order chi connectivity index (χ0) is 11.3. The molecular weight excluding hydrogens is 194 g/mol. The maximum Gasteiger partial charge on any atom is 0.230 e. The van der Waals surface area contributed by atoms with Gasteiger partial charge in [-0.25, -0.2) is 0 Å². The zero-order valence-corrected chi connectivity index (χ0v) is 9.83. The van der Waals surface area contributed by atoms with E-state index in [9.17, 15) is 0 Å². The van der Waals surface area contributed by atoms with Crippen molar-refractivity contribution in [2.75, 3.05) is 13.2 Å². The number of hydrogen-bond acceptors (Lipinski definition) is 5. The van der Waals surface area contributed by atoms with Crippen LogP contribution in [0.15, 0.2) is 4.42 Å². The zero-order valence-electron chi connectivity index (χ0n) is 9.83. The minimum absolute atomic E-state index is 0.163. The van der Waals surface area contributed by atoms with E-state index in [1.807, 2.05) is 20.8 Å². The molecule has 0 amide bonds. The van der Waals surface area contributed by atoms with Gasteiger partial charge in [0.25, 0.3) is 0 Å². The lowest BCUT2D eigenvalue weighted by Crippen LogP contribution is -2.37. The summed E-state index contributed by atoms with van der Waals surface area (Å²) in [4.78, 5) is 0. The Kier molecular flexibility index (Phi) is 4.23. The molecule has 0 fully saturated rings. The minimum atomic E-state index is -0.163. The molecule has 0 aliphatic rings. The lowest BCUT2D eigenvalue weighted by atomic mass is 10.1. The third-order valence-corrected chi connectivity index (χ3v) is 1.93. The molecular formula is C10H19N3O2. The summed E-state index contributed by atoms with van der Waals surface area (Å²) in [5, 5.41) is 10.9. The number of rotatable bonds is 6. The third kappa shape index (κ3) is 4.40. The number of ether oxygens (including phenoxy) is 1. The Balaban J connectivity index is 2.27. The van der Waals surface area contributed by atoms with Gasteiger partial charge >= 0.3 is 0 Å². The molecule has 5 nitrogen and oxygen atoms in total. The van der Waals surface area contributed by atoms with Gasteiger partial charge in [-0.3, -0.25) is 0 Å². The van der Waals surface area contributed by atoms with Crippen LogP contribution in [0.25, 0.3) is 0 Å². The predicted octanol–water partition coefficient (Wildman–Crippen LogP) is 1.28. The molecule has 0 saturated carbocycles. The highest BCUT2D eigenvalue weighted by atomic mass is 16.5. The topological polar surface area (TPSA) is 60.2 Å². The van der Waals surface area contributed by atoms with E-state index in [4.69, 9.17) is 9.15 Å². The summed E-state index contributed by atoms with van der Waals surface area (Å²) in [6.07, 6.45) is 0. The molecule has 0 spiro atoms. The van der Waals surface area contributed by atoms with Crippen LogP contribution in [0.4, 0.5) is 0 Å². The largest absolute Gasteiger partial charge is 0.424 e. The van der Waals surface area contributed by atoms with Crippen LogP contribution in [0.3, 0.4) is 0 Å². The van der Waals surface area contributed by atoms with Crippen molar-refractivity contribution in [1.29, 1.82) is 0 Å². The number of aromatic nitrogens is 2. The molecule has 0 aliphatic heterocycles. The van der Waals surface area contributed by atoms with Gasteiger partial charge < -0.3 is 14.5 Å². The van der Waals surface area contributed by atoms with Crippen molar-refractivity contribution < 1.29 is 9.15 Å². The molecule has 1 heterocycles. The molecule has 86 valence electrons. The fourth-order valence-electron chi connectivity index (χ4n) is 1.32. The van der Waals surface area contributed by atoms with Gasteiger partial charge in [0.1, 0.15) is 0 Å². The molecule has 1 aromatic rings. The Bertz CT molecular complexity index is 297. The van der Waals surface area contributed by atoms with E-state index >= 15 is 0 Å². The van der Waals surface area contributed by atoms with Crippen molar-refractivity contribution >= 4 is 0 Å². The van der Waals surface area contributed by atoms with E-state index in [1.165, 1.54) is 0 Å². The molecule has 0 saturated heterocycles. The second-order valence-corrected chi connectivity index (χ2v) is 4.01. The minimum Gasteiger partial charge on any atom is -0.424 e. The summed E-state index contributed by atoms with van der Waals surface area (Å²) in [6, 6.07) is 0. The highest BCUT2D eigenvalue weighted by Crippen LogP contribution is 2.07. The van der Waals surface area contributed by atoms with E-state index in [1.54, 1.807) is 6.92 Å². The first kappa shape index (κ1) is 12.1. The average Bonchev–Trinajstić information content (AvgIpc) is 2.51. The SMILES string of the molecule is CCOC(C)(C)CNCc1nnc(C)o1. The van der Waals surface area contributed by atoms with Gasteiger partial charge in [-0.1, -0.05) is 0 Å². The predicted molar refractivity (Wildman–Crippen MR) is 56.4 cm³/mol. The van der Waals surface area contributed by atoms with Crippen molar-refractivity contribution in [3.8, 4) is 0 Å². The third-order valence-electron chi connectivity index (χ3n) is 1.93. The van der Waals surface area contributed by atoms with Crippen molar-refractivity contribution in [1.82, 2.24) is 15.5 Å². The molecule has 0 aliphatic carbocycles. The standard InChI is InChI=1S/C10H19N3O2/c1-5-14-10(3,4)7-11-6-9-13-12-8(2)15-9/h11H,5-7H2,1-4H3. The van der Waals surface area contributed by atoms with E-state index in [0.29, 0.717) is 24.9 Å². The molecule has 0 bridgehead atoms. The second kappa shape index (κ2) is 5.23. The van der Waals surface area contributed by atoms with Crippen LogP contribution in [-0.4, -0.2) is 29.0 Å². The van der Waals surface area contributed by atoms with Gasteiger partial charge in [-0.05, 0) is 20.8 Å². The van der Waals surface area contributed by atoms with Crippen LogP contribution in [0, 0.1) is 6.92 Å². The van der Waals surface area contributed by atoms with Gasteiger partial charge in [0.2, 0.25) is 11.8 Å². The smallest absolute Gasteiger partial charge is 0.230 e. The normalized spacial score (nSPS) is 12.0. The maximum atomic E-state index is 5.54. The van der Waals surface area contributed by atoms with Crippen molar-refractivity contribution in [2.24, 2.45) is 0 Å². The Hall–Kier alpha value is -0.940. The van der Waals surface area contributed by atoms with Crippen LogP contribution >= 0.6 is 0 Å². The van der Waals surface area contributed by atoms with Crippen LogP contribution in [-0.2, 0) is 11.3 Å². The first-order valence-electron chi connectivity index (χ1n) is 5.17. The van der Waals surface area contributed by atoms with Gasteiger partial charge in [0.05, 0.1) is 12.1 Å². The van der Waals surface area contributed by atoms with Crippen molar-refractivity contribution in [3.63, 3.8) is 0 Å². The lowest BCUT2D eigenvalue weighted by Gasteiger charge is -2.24. The van der Waals surface area contributed by atoms with E-state index in [-0.39, 0.29) is 5.60 Å². The van der Waals surface area contributed by atoms with Gasteiger partial charge in [0, 0.05) is 20.1 Å². The summed E-state index contributed by atoms with van der Waals surface area (Å²) in [7, 11) is 0. The number of aryl methyl sites for hydroxylation is 1. The fourth-order valence-corrected chi connectivity index (χ4v) is 1.32. The van der Waals surface area contributed by atoms with Crippen LogP contribution < -0.4 is 5.32 Å². The molecule has 1 N–H and O–H groups in total. The molecule has 0 atom stereocenters. The van der Waals surface area contributed by atoms with Crippen LogP contribution in [0.1, 0.15) is 32.6 Å². The number of nitrogens with one attached hydrogen (secondary N) is 1. The van der Waals surface area contributed by atoms with Gasteiger partial charge in [0.15, 0.2) is 0 Å². The molecule has 15 heavy (non-hydrogen) atoms. The molecule has 5 heteroatoms. The molecule has 0 aromatic carbocycles. The first-order chi connectivity index (χ1) is 7.03. The quantitative estimate of drug-likeness (QED) is 0.771. The van der Waals surface area contributed by atoms with Crippen LogP contribution in [0.2, 0.25) is 0 Å². The fraction of sp³-hybridized carbons (Fsp3) is 0.800. The summed E-state index contributed by atoms with van der Waals surface area (Å²) < 4.78 is 10.8. The number of nitrogens with zero attached hydrogens (tertiary/aromatic N) is 2. The molecule has 0 radical (unpaired) electrons. The Labute approximate surface area is 90.2 Å². The molecule has 1 rings (SSSR count). The summed E-state index contributed by atoms with van der Waals surface area (Å²) >= 11 is 0. The van der Waals surface area contributed by atoms with E-state index in [2.05, 4.69) is 15.5 Å². The van der Waals surface area contributed by atoms with Crippen molar-refractivity contribution in [2.45, 2.75) is 39.8 Å². The average molecular weight is 213 g/mol. The maximum absolute atomic E-state index is 5.54. The van der Waals surface area contributed by atoms with Gasteiger partial charge in [-0.2, -0.15) is 0 Å². The van der Waals surface area contributed by atoms with Gasteiger partial charge in [-0.15, -0.1) is 10.2 Å². The summed E-state index contributed by atoms with van der Waals surface area (Å²) in [5.74, 6) is 1.20. The van der Waals surface area contributed by atoms with Crippen molar-refractivity contribution in [3.05, 3.63) is 11.8 Å².